The Morgan fingerprint density at radius 3 is 2.79 bits per heavy atom. The second kappa shape index (κ2) is 4.61. The van der Waals surface area contributed by atoms with E-state index in [1.165, 1.54) is 18.8 Å². The summed E-state index contributed by atoms with van der Waals surface area (Å²) < 4.78 is 0. The van der Waals surface area contributed by atoms with E-state index >= 15 is 0 Å². The maximum absolute atomic E-state index is 2.55. The summed E-state index contributed by atoms with van der Waals surface area (Å²) in [6, 6.07) is 10.8. The van der Waals surface area contributed by atoms with Gasteiger partial charge in [-0.25, -0.2) is 0 Å². The number of fused-ring (bicyclic) bond motifs is 3. The monoisotopic (exact) mass is 267 g/mol. The average molecular weight is 267 g/mol. The summed E-state index contributed by atoms with van der Waals surface area (Å²) >= 11 is 2.09. The van der Waals surface area contributed by atoms with Crippen LogP contribution in [0.25, 0.3) is 0 Å². The minimum atomic E-state index is 0.638. The zero-order valence-electron chi connectivity index (χ0n) is 10.8. The van der Waals surface area contributed by atoms with Crippen molar-refractivity contribution in [3.63, 3.8) is 0 Å². The summed E-state index contributed by atoms with van der Waals surface area (Å²) in [7, 11) is 0. The minimum Gasteiger partial charge on any atom is -0.370 e. The molecular weight excluding hydrogens is 250 g/mol. The molecule has 2 heterocycles. The maximum Gasteiger partial charge on any atom is 0.0366 e. The molecule has 2 saturated heterocycles. The van der Waals surface area contributed by atoms with Gasteiger partial charge < -0.3 is 4.90 Å². The van der Waals surface area contributed by atoms with Crippen molar-refractivity contribution in [1.29, 1.82) is 0 Å². The van der Waals surface area contributed by atoms with Crippen LogP contribution in [-0.2, 0) is 0 Å². The predicted octanol–water partition coefficient (Wildman–Crippen LogP) is 3.86. The molecule has 0 spiro atoms. The molecule has 2 heteroatoms. The molecule has 2 aliphatic heterocycles. The topological polar surface area (TPSA) is 3.24 Å². The van der Waals surface area contributed by atoms with Crippen LogP contribution in [0.15, 0.2) is 65.6 Å². The lowest BCUT2D eigenvalue weighted by Gasteiger charge is -2.21. The third kappa shape index (κ3) is 1.95. The highest BCUT2D eigenvalue weighted by Gasteiger charge is 2.44. The summed E-state index contributed by atoms with van der Waals surface area (Å²) in [5.74, 6) is 1.41. The fraction of sp³-hybridized carbons (Fsp3) is 0.294. The molecule has 1 aromatic carbocycles. The number of nitrogens with zero attached hydrogens (tertiary/aromatic N) is 1. The van der Waals surface area contributed by atoms with Gasteiger partial charge in [0.25, 0.3) is 0 Å². The van der Waals surface area contributed by atoms with Gasteiger partial charge in [0.15, 0.2) is 0 Å². The molecule has 0 unspecified atom stereocenters. The molecule has 1 aliphatic carbocycles. The van der Waals surface area contributed by atoms with Crippen molar-refractivity contribution >= 4 is 17.4 Å². The summed E-state index contributed by atoms with van der Waals surface area (Å²) in [6.45, 7) is 2.37. The van der Waals surface area contributed by atoms with E-state index in [9.17, 15) is 0 Å². The van der Waals surface area contributed by atoms with Crippen LogP contribution in [0.3, 0.4) is 0 Å². The van der Waals surface area contributed by atoms with Crippen molar-refractivity contribution < 1.29 is 0 Å². The number of para-hydroxylation sites is 1. The molecule has 3 aliphatic rings. The zero-order valence-corrected chi connectivity index (χ0v) is 11.6. The van der Waals surface area contributed by atoms with Gasteiger partial charge in [0.2, 0.25) is 0 Å². The van der Waals surface area contributed by atoms with Crippen LogP contribution in [0.2, 0.25) is 0 Å². The van der Waals surface area contributed by atoms with Gasteiger partial charge in [-0.3, -0.25) is 0 Å². The average Bonchev–Trinajstić information content (AvgIpc) is 2.90. The molecule has 0 amide bonds. The number of hydrogen-bond donors (Lipinski definition) is 0. The lowest BCUT2D eigenvalue weighted by molar-refractivity contribution is 0.528. The summed E-state index contributed by atoms with van der Waals surface area (Å²) in [5.41, 5.74) is 1.37. The van der Waals surface area contributed by atoms with Gasteiger partial charge in [-0.05, 0) is 17.0 Å². The normalized spacial score (nSPS) is 31.9. The first kappa shape index (κ1) is 11.4. The molecule has 0 saturated carbocycles. The third-order valence-electron chi connectivity index (χ3n) is 4.31. The van der Waals surface area contributed by atoms with Crippen molar-refractivity contribution in [3.05, 3.63) is 65.6 Å². The molecule has 0 radical (unpaired) electrons. The van der Waals surface area contributed by atoms with Crippen LogP contribution in [0.4, 0.5) is 5.69 Å². The second-order valence-corrected chi connectivity index (χ2v) is 6.74. The van der Waals surface area contributed by atoms with Crippen molar-refractivity contribution in [2.45, 2.75) is 5.25 Å². The van der Waals surface area contributed by atoms with E-state index in [1.807, 2.05) is 0 Å². The van der Waals surface area contributed by atoms with E-state index in [4.69, 9.17) is 0 Å². The van der Waals surface area contributed by atoms with Gasteiger partial charge in [-0.1, -0.05) is 48.6 Å². The first-order valence-electron chi connectivity index (χ1n) is 6.93. The van der Waals surface area contributed by atoms with Crippen molar-refractivity contribution in [2.75, 3.05) is 18.0 Å². The number of thioether (sulfide) groups is 1. The quantitative estimate of drug-likeness (QED) is 0.760. The van der Waals surface area contributed by atoms with E-state index in [0.717, 1.165) is 11.2 Å². The van der Waals surface area contributed by atoms with Crippen LogP contribution in [0.5, 0.6) is 0 Å². The molecule has 19 heavy (non-hydrogen) atoms. The van der Waals surface area contributed by atoms with E-state index in [2.05, 4.69) is 77.4 Å². The van der Waals surface area contributed by atoms with E-state index in [-0.39, 0.29) is 0 Å². The largest absolute Gasteiger partial charge is 0.370 e. The second-order valence-electron chi connectivity index (χ2n) is 5.43. The maximum atomic E-state index is 2.55. The van der Waals surface area contributed by atoms with Gasteiger partial charge in [0.1, 0.15) is 0 Å². The molecule has 1 aromatic rings. The summed E-state index contributed by atoms with van der Waals surface area (Å²) in [5, 5.41) is 0.757. The Bertz CT molecular complexity index is 558. The molecule has 1 nitrogen and oxygen atoms in total. The van der Waals surface area contributed by atoms with E-state index in [1.54, 1.807) is 4.91 Å². The van der Waals surface area contributed by atoms with Crippen LogP contribution >= 0.6 is 11.8 Å². The highest BCUT2D eigenvalue weighted by atomic mass is 32.2. The molecule has 0 aromatic heterocycles. The summed E-state index contributed by atoms with van der Waals surface area (Å²) in [6.07, 6.45) is 11.2. The van der Waals surface area contributed by atoms with Gasteiger partial charge >= 0.3 is 0 Å². The van der Waals surface area contributed by atoms with Crippen molar-refractivity contribution in [1.82, 2.24) is 0 Å². The lowest BCUT2D eigenvalue weighted by atomic mass is 9.91. The summed E-state index contributed by atoms with van der Waals surface area (Å²) in [4.78, 5) is 4.11. The number of benzene rings is 1. The number of hydrogen-bond acceptors (Lipinski definition) is 2. The molecule has 0 N–H and O–H groups in total. The Labute approximate surface area is 118 Å². The molecule has 0 bridgehead atoms. The van der Waals surface area contributed by atoms with Crippen molar-refractivity contribution in [2.24, 2.45) is 11.8 Å². The van der Waals surface area contributed by atoms with Gasteiger partial charge in [0, 0.05) is 35.9 Å². The fourth-order valence-corrected chi connectivity index (χ4v) is 4.97. The van der Waals surface area contributed by atoms with Crippen LogP contribution in [0, 0.1) is 11.8 Å². The number of rotatable bonds is 1. The van der Waals surface area contributed by atoms with Crippen LogP contribution < -0.4 is 4.90 Å². The Hall–Kier alpha value is -1.41. The number of allylic oxidation sites excluding steroid dienone is 6. The van der Waals surface area contributed by atoms with Crippen LogP contribution in [-0.4, -0.2) is 18.3 Å². The van der Waals surface area contributed by atoms with Crippen molar-refractivity contribution in [3.8, 4) is 0 Å². The Kier molecular flexibility index (Phi) is 2.77. The SMILES string of the molecule is C1=CC=C2S[C@@H]3CN(c4ccccc4)C[C@@H]3[C@@H]2C=C1. The first-order valence-corrected chi connectivity index (χ1v) is 7.81. The van der Waals surface area contributed by atoms with Gasteiger partial charge in [0.05, 0.1) is 0 Å². The fourth-order valence-electron chi connectivity index (χ4n) is 3.37. The molecule has 3 atom stereocenters. The Morgan fingerprint density at radius 1 is 1.00 bits per heavy atom. The highest BCUT2D eigenvalue weighted by Crippen LogP contribution is 2.51. The lowest BCUT2D eigenvalue weighted by Crippen LogP contribution is -2.22. The van der Waals surface area contributed by atoms with Gasteiger partial charge in [-0.2, -0.15) is 0 Å². The molecule has 96 valence electrons. The minimum absolute atomic E-state index is 0.638. The smallest absolute Gasteiger partial charge is 0.0366 e. The van der Waals surface area contributed by atoms with Crippen LogP contribution in [0.1, 0.15) is 0 Å². The molecule has 4 rings (SSSR count). The molecular formula is C17H17NS. The predicted molar refractivity (Wildman–Crippen MR) is 83.4 cm³/mol. The Balaban J connectivity index is 1.58. The van der Waals surface area contributed by atoms with E-state index in [0.29, 0.717) is 5.92 Å². The third-order valence-corrected chi connectivity index (χ3v) is 5.79. The molecule has 2 fully saturated rings. The standard InChI is InChI=1S/C17H17NS/c1-3-7-13(8-4-1)18-11-15-14-9-5-2-6-10-16(14)19-17(15)12-18/h1-10,14-15,17H,11-12H2/t14-,15+,17+/m0/s1. The number of anilines is 1. The Morgan fingerprint density at radius 2 is 1.89 bits per heavy atom. The first-order chi connectivity index (χ1) is 9.42. The van der Waals surface area contributed by atoms with Gasteiger partial charge in [-0.15, -0.1) is 11.8 Å². The highest BCUT2D eigenvalue weighted by molar-refractivity contribution is 8.04. The zero-order chi connectivity index (χ0) is 12.7. The van der Waals surface area contributed by atoms with E-state index < -0.39 is 0 Å².